The van der Waals surface area contributed by atoms with E-state index in [1.807, 2.05) is 50.7 Å². The van der Waals surface area contributed by atoms with Crippen molar-refractivity contribution in [3.8, 4) is 0 Å². The van der Waals surface area contributed by atoms with Gasteiger partial charge in [0.2, 0.25) is 5.91 Å². The van der Waals surface area contributed by atoms with E-state index >= 15 is 0 Å². The summed E-state index contributed by atoms with van der Waals surface area (Å²) in [5, 5.41) is 17.9. The number of aryl methyl sites for hydroxylation is 2. The highest BCUT2D eigenvalue weighted by molar-refractivity contribution is 5.94. The number of nitrogens with one attached hydrogen (secondary N) is 2. The van der Waals surface area contributed by atoms with E-state index in [2.05, 4.69) is 25.8 Å². The Morgan fingerprint density at radius 1 is 1.30 bits per heavy atom. The van der Waals surface area contributed by atoms with Crippen LogP contribution in [0.25, 0.3) is 11.0 Å². The summed E-state index contributed by atoms with van der Waals surface area (Å²) in [6.07, 6.45) is 0.670. The molecule has 0 spiro atoms. The van der Waals surface area contributed by atoms with Crippen molar-refractivity contribution in [2.75, 3.05) is 5.32 Å². The molecule has 7 heteroatoms. The van der Waals surface area contributed by atoms with E-state index in [1.165, 1.54) is 0 Å². The Kier molecular flexibility index (Phi) is 3.85. The highest BCUT2D eigenvalue weighted by atomic mass is 16.1. The lowest BCUT2D eigenvalue weighted by atomic mass is 9.99. The molecule has 0 fully saturated rings. The van der Waals surface area contributed by atoms with Crippen LogP contribution in [-0.2, 0) is 18.3 Å². The molecular formula is C16H20N6O. The fourth-order valence-corrected chi connectivity index (χ4v) is 2.70. The molecule has 0 aliphatic heterocycles. The zero-order valence-corrected chi connectivity index (χ0v) is 13.7. The number of benzene rings is 1. The van der Waals surface area contributed by atoms with Crippen LogP contribution in [0, 0.1) is 19.8 Å². The fraction of sp³-hybridized carbons (Fsp3) is 0.375. The highest BCUT2D eigenvalue weighted by Gasteiger charge is 2.18. The molecule has 0 unspecified atom stereocenters. The quantitative estimate of drug-likeness (QED) is 0.772. The van der Waals surface area contributed by atoms with Crippen LogP contribution in [0.2, 0.25) is 0 Å². The number of anilines is 1. The summed E-state index contributed by atoms with van der Waals surface area (Å²) in [5.74, 6) is -0.167. The van der Waals surface area contributed by atoms with Crippen LogP contribution >= 0.6 is 0 Å². The van der Waals surface area contributed by atoms with Gasteiger partial charge in [-0.05, 0) is 44.0 Å². The lowest BCUT2D eigenvalue weighted by molar-refractivity contribution is -0.119. The topological polar surface area (TPSA) is 88.5 Å². The maximum atomic E-state index is 12.4. The van der Waals surface area contributed by atoms with E-state index in [4.69, 9.17) is 0 Å². The number of hydrogen-bond acceptors (Lipinski definition) is 4. The number of H-pyrrole nitrogens is 1. The van der Waals surface area contributed by atoms with Crippen LogP contribution in [0.4, 0.5) is 5.69 Å². The number of nitrogens with zero attached hydrogens (tertiary/aromatic N) is 4. The predicted octanol–water partition coefficient (Wildman–Crippen LogP) is 2.13. The van der Waals surface area contributed by atoms with Gasteiger partial charge in [-0.25, -0.2) is 0 Å². The van der Waals surface area contributed by atoms with E-state index in [1.54, 1.807) is 0 Å². The smallest absolute Gasteiger partial charge is 0.227 e. The van der Waals surface area contributed by atoms with Crippen LogP contribution in [0.3, 0.4) is 0 Å². The molecule has 0 radical (unpaired) electrons. The minimum Gasteiger partial charge on any atom is -0.326 e. The van der Waals surface area contributed by atoms with Crippen LogP contribution in [-0.4, -0.2) is 31.1 Å². The molecule has 1 atom stereocenters. The predicted molar refractivity (Wildman–Crippen MR) is 88.1 cm³/mol. The SMILES string of the molecule is Cc1nn(C)c(C)c1C[C@@H](C)C(=O)Nc1ccc2n[nH]nc2c1. The Morgan fingerprint density at radius 3 is 2.74 bits per heavy atom. The molecule has 2 aromatic heterocycles. The molecular weight excluding hydrogens is 292 g/mol. The van der Waals surface area contributed by atoms with Crippen LogP contribution in [0.15, 0.2) is 18.2 Å². The first kappa shape index (κ1) is 15.2. The molecule has 3 rings (SSSR count). The second-order valence-corrected chi connectivity index (χ2v) is 5.89. The van der Waals surface area contributed by atoms with Gasteiger partial charge in [-0.1, -0.05) is 6.92 Å². The van der Waals surface area contributed by atoms with Gasteiger partial charge in [0, 0.05) is 24.3 Å². The second-order valence-electron chi connectivity index (χ2n) is 5.89. The molecule has 120 valence electrons. The van der Waals surface area contributed by atoms with Gasteiger partial charge in [0.05, 0.1) is 5.69 Å². The lowest BCUT2D eigenvalue weighted by Gasteiger charge is -2.12. The standard InChI is InChI=1S/C16H20N6O/c1-9(7-13-10(2)20-22(4)11(13)3)16(23)17-12-5-6-14-15(8-12)19-21-18-14/h5-6,8-9H,7H2,1-4H3,(H,17,23)(H,18,19,21)/t9-/m1/s1. The summed E-state index contributed by atoms with van der Waals surface area (Å²) in [6, 6.07) is 5.47. The molecule has 7 nitrogen and oxygen atoms in total. The van der Waals surface area contributed by atoms with E-state index in [-0.39, 0.29) is 11.8 Å². The van der Waals surface area contributed by atoms with Gasteiger partial charge in [-0.2, -0.15) is 20.5 Å². The van der Waals surface area contributed by atoms with Crippen molar-refractivity contribution in [2.45, 2.75) is 27.2 Å². The molecule has 3 aromatic rings. The first-order valence-corrected chi connectivity index (χ1v) is 7.56. The first-order chi connectivity index (χ1) is 11.0. The first-order valence-electron chi connectivity index (χ1n) is 7.56. The fourth-order valence-electron chi connectivity index (χ4n) is 2.70. The van der Waals surface area contributed by atoms with E-state index in [9.17, 15) is 4.79 Å². The summed E-state index contributed by atoms with van der Waals surface area (Å²) in [4.78, 5) is 12.4. The Hall–Kier alpha value is -2.70. The number of aromatic nitrogens is 5. The third-order valence-corrected chi connectivity index (χ3v) is 4.20. The normalized spacial score (nSPS) is 12.5. The number of rotatable bonds is 4. The van der Waals surface area contributed by atoms with E-state index in [0.717, 1.165) is 33.7 Å². The minimum absolute atomic E-state index is 0.0181. The minimum atomic E-state index is -0.149. The molecule has 2 heterocycles. The van der Waals surface area contributed by atoms with Crippen molar-refractivity contribution in [1.82, 2.24) is 25.2 Å². The largest absolute Gasteiger partial charge is 0.326 e. The van der Waals surface area contributed by atoms with Gasteiger partial charge >= 0.3 is 0 Å². The monoisotopic (exact) mass is 312 g/mol. The van der Waals surface area contributed by atoms with Crippen molar-refractivity contribution in [3.05, 3.63) is 35.2 Å². The number of aromatic amines is 1. The van der Waals surface area contributed by atoms with Gasteiger partial charge < -0.3 is 5.32 Å². The summed E-state index contributed by atoms with van der Waals surface area (Å²) in [5.41, 5.74) is 5.46. The van der Waals surface area contributed by atoms with Gasteiger partial charge in [0.15, 0.2) is 0 Å². The van der Waals surface area contributed by atoms with Gasteiger partial charge in [-0.15, -0.1) is 0 Å². The molecule has 23 heavy (non-hydrogen) atoms. The third-order valence-electron chi connectivity index (χ3n) is 4.20. The van der Waals surface area contributed by atoms with Gasteiger partial charge in [0.25, 0.3) is 0 Å². The van der Waals surface area contributed by atoms with Crippen LogP contribution in [0.5, 0.6) is 0 Å². The number of fused-ring (bicyclic) bond motifs is 1. The van der Waals surface area contributed by atoms with Gasteiger partial charge in [0.1, 0.15) is 11.0 Å². The van der Waals surface area contributed by atoms with Crippen molar-refractivity contribution >= 4 is 22.6 Å². The number of carbonyl (C=O) groups is 1. The zero-order chi connectivity index (χ0) is 16.6. The average molecular weight is 312 g/mol. The molecule has 0 aliphatic carbocycles. The number of amides is 1. The Balaban J connectivity index is 1.71. The van der Waals surface area contributed by atoms with Crippen LogP contribution in [0.1, 0.15) is 23.9 Å². The van der Waals surface area contributed by atoms with E-state index in [0.29, 0.717) is 6.42 Å². The molecule has 0 aliphatic rings. The van der Waals surface area contributed by atoms with Crippen molar-refractivity contribution in [3.63, 3.8) is 0 Å². The summed E-state index contributed by atoms with van der Waals surface area (Å²) in [6.45, 7) is 5.93. The highest BCUT2D eigenvalue weighted by Crippen LogP contribution is 2.19. The Morgan fingerprint density at radius 2 is 2.04 bits per heavy atom. The average Bonchev–Trinajstić information content (AvgIpc) is 3.07. The van der Waals surface area contributed by atoms with Crippen molar-refractivity contribution in [2.24, 2.45) is 13.0 Å². The van der Waals surface area contributed by atoms with Gasteiger partial charge in [-0.3, -0.25) is 9.48 Å². The molecule has 0 bridgehead atoms. The molecule has 1 aromatic carbocycles. The molecule has 0 saturated heterocycles. The lowest BCUT2D eigenvalue weighted by Crippen LogP contribution is -2.22. The van der Waals surface area contributed by atoms with Crippen molar-refractivity contribution in [1.29, 1.82) is 0 Å². The molecule has 0 saturated carbocycles. The third kappa shape index (κ3) is 2.94. The number of carbonyl (C=O) groups excluding carboxylic acids is 1. The second kappa shape index (κ2) is 5.83. The van der Waals surface area contributed by atoms with Crippen LogP contribution < -0.4 is 5.32 Å². The molecule has 1 amide bonds. The molecule has 2 N–H and O–H groups in total. The maximum Gasteiger partial charge on any atom is 0.227 e. The summed E-state index contributed by atoms with van der Waals surface area (Å²) in [7, 11) is 1.92. The maximum absolute atomic E-state index is 12.4. The van der Waals surface area contributed by atoms with Crippen molar-refractivity contribution < 1.29 is 4.79 Å². The Labute approximate surface area is 134 Å². The Bertz CT molecular complexity index is 863. The zero-order valence-electron chi connectivity index (χ0n) is 13.7. The summed E-state index contributed by atoms with van der Waals surface area (Å²) >= 11 is 0. The number of hydrogen-bond donors (Lipinski definition) is 2. The summed E-state index contributed by atoms with van der Waals surface area (Å²) < 4.78 is 1.85. The van der Waals surface area contributed by atoms with E-state index < -0.39 is 0 Å².